The van der Waals surface area contributed by atoms with Gasteiger partial charge in [-0.15, -0.1) is 3.89 Å². The van der Waals surface area contributed by atoms with E-state index < -0.39 is 0 Å². The molecule has 4 rings (SSSR count). The van der Waals surface area contributed by atoms with Gasteiger partial charge in [-0.25, -0.2) is 13.9 Å². The van der Waals surface area contributed by atoms with E-state index in [0.29, 0.717) is 11.3 Å². The summed E-state index contributed by atoms with van der Waals surface area (Å²) in [5, 5.41) is 10.1. The van der Waals surface area contributed by atoms with Crippen molar-refractivity contribution in [2.45, 2.75) is 19.4 Å². The number of halogens is 1. The predicted molar refractivity (Wildman–Crippen MR) is 107 cm³/mol. The molecular weight excluding hydrogens is 361 g/mol. The Kier molecular flexibility index (Phi) is 4.92. The lowest BCUT2D eigenvalue weighted by atomic mass is 9.96. The Hall–Kier alpha value is -2.70. The molecule has 2 aromatic heterocycles. The quantitative estimate of drug-likeness (QED) is 0.523. The van der Waals surface area contributed by atoms with Crippen LogP contribution in [0, 0.1) is 0 Å². The summed E-state index contributed by atoms with van der Waals surface area (Å²) >= 11 is 0.130. The van der Waals surface area contributed by atoms with Crippen molar-refractivity contribution >= 4 is 23.4 Å². The first-order valence-electron chi connectivity index (χ1n) is 8.63. The summed E-state index contributed by atoms with van der Waals surface area (Å²) in [6.07, 6.45) is 1.49. The van der Waals surface area contributed by atoms with Crippen molar-refractivity contribution in [2.24, 2.45) is 0 Å². The second-order valence-corrected chi connectivity index (χ2v) is 6.88. The molecule has 27 heavy (non-hydrogen) atoms. The van der Waals surface area contributed by atoms with Gasteiger partial charge in [0.05, 0.1) is 18.0 Å². The van der Waals surface area contributed by atoms with Crippen molar-refractivity contribution in [3.8, 4) is 11.3 Å². The van der Waals surface area contributed by atoms with E-state index in [2.05, 4.69) is 29.0 Å². The van der Waals surface area contributed by atoms with Crippen LogP contribution >= 0.6 is 12.3 Å². The number of hydrogen-bond acceptors (Lipinski definition) is 4. The lowest BCUT2D eigenvalue weighted by Crippen LogP contribution is -2.01. The first kappa shape index (κ1) is 17.7. The highest BCUT2D eigenvalue weighted by Gasteiger charge is 2.20. The molecule has 0 saturated heterocycles. The maximum atomic E-state index is 13.8. The Morgan fingerprint density at radius 2 is 1.81 bits per heavy atom. The first-order valence-corrected chi connectivity index (χ1v) is 9.31. The molecule has 0 aliphatic rings. The molecule has 0 amide bonds. The molecule has 2 aromatic carbocycles. The van der Waals surface area contributed by atoms with Crippen molar-refractivity contribution in [1.29, 1.82) is 0 Å². The van der Waals surface area contributed by atoms with E-state index in [1.807, 2.05) is 48.5 Å². The summed E-state index contributed by atoms with van der Waals surface area (Å²) in [4.78, 5) is 8.82. The Labute approximate surface area is 161 Å². The second-order valence-electron chi connectivity index (χ2n) is 6.38. The van der Waals surface area contributed by atoms with Crippen LogP contribution in [0.15, 0.2) is 67.0 Å². The summed E-state index contributed by atoms with van der Waals surface area (Å²) in [6, 6.07) is 19.5. The lowest BCUT2D eigenvalue weighted by Gasteiger charge is -2.12. The van der Waals surface area contributed by atoms with E-state index in [1.165, 1.54) is 10.3 Å². The lowest BCUT2D eigenvalue weighted by molar-refractivity contribution is 0.282. The molecule has 0 radical (unpaired) electrons. The number of hydrogen-bond donors (Lipinski definition) is 1. The Morgan fingerprint density at radius 1 is 1.07 bits per heavy atom. The summed E-state index contributed by atoms with van der Waals surface area (Å²) in [5.41, 5.74) is 4.95. The molecule has 1 unspecified atom stereocenters. The average Bonchev–Trinajstić information content (AvgIpc) is 3.12. The van der Waals surface area contributed by atoms with Crippen LogP contribution in [-0.2, 0) is 6.61 Å². The van der Waals surface area contributed by atoms with Crippen molar-refractivity contribution in [2.75, 3.05) is 0 Å². The monoisotopic (exact) mass is 379 g/mol. The van der Waals surface area contributed by atoms with E-state index in [9.17, 15) is 8.99 Å². The van der Waals surface area contributed by atoms with Gasteiger partial charge in [0.2, 0.25) is 0 Å². The molecular formula is C21H18FN3OS. The van der Waals surface area contributed by atoms with Gasteiger partial charge in [0.15, 0.2) is 18.0 Å². The van der Waals surface area contributed by atoms with Crippen LogP contribution in [0.1, 0.15) is 29.7 Å². The zero-order chi connectivity index (χ0) is 18.8. The van der Waals surface area contributed by atoms with Gasteiger partial charge < -0.3 is 5.11 Å². The molecule has 0 spiro atoms. The van der Waals surface area contributed by atoms with Gasteiger partial charge >= 0.3 is 0 Å². The summed E-state index contributed by atoms with van der Waals surface area (Å²) < 4.78 is 15.3. The SMILES string of the molecule is CC(c1ccccc1)c1ncnc2c1cc(-c1ccc(CO)cc1)n2SF. The molecule has 0 fully saturated rings. The van der Waals surface area contributed by atoms with Gasteiger partial charge in [0.25, 0.3) is 0 Å². The van der Waals surface area contributed by atoms with E-state index in [1.54, 1.807) is 0 Å². The van der Waals surface area contributed by atoms with Crippen LogP contribution in [0.4, 0.5) is 3.89 Å². The minimum Gasteiger partial charge on any atom is -0.392 e. The molecule has 0 bridgehead atoms. The molecule has 6 heteroatoms. The van der Waals surface area contributed by atoms with Gasteiger partial charge in [0.1, 0.15) is 6.33 Å². The summed E-state index contributed by atoms with van der Waals surface area (Å²) in [5.74, 6) is 0.0572. The molecule has 1 atom stereocenters. The van der Waals surface area contributed by atoms with E-state index in [0.717, 1.165) is 27.8 Å². The Balaban J connectivity index is 1.87. The third-order valence-corrected chi connectivity index (χ3v) is 5.30. The van der Waals surface area contributed by atoms with Crippen LogP contribution in [0.5, 0.6) is 0 Å². The van der Waals surface area contributed by atoms with Crippen LogP contribution in [0.3, 0.4) is 0 Å². The standard InChI is InChI=1S/C21H18FN3OS/c1-14(16-5-3-2-4-6-16)20-18-11-19(17-9-7-15(12-26)8-10-17)25(27-22)21(18)24-13-23-20/h2-11,13-14,26H,12H2,1H3. The third kappa shape index (κ3) is 3.22. The zero-order valence-corrected chi connectivity index (χ0v) is 15.5. The fourth-order valence-corrected chi connectivity index (χ4v) is 3.75. The number of aliphatic hydroxyl groups is 1. The molecule has 0 aliphatic heterocycles. The fourth-order valence-electron chi connectivity index (χ4n) is 3.31. The molecule has 136 valence electrons. The number of rotatable bonds is 5. The van der Waals surface area contributed by atoms with Crippen molar-refractivity contribution in [3.63, 3.8) is 0 Å². The van der Waals surface area contributed by atoms with Gasteiger partial charge in [0, 0.05) is 11.3 Å². The van der Waals surface area contributed by atoms with Crippen molar-refractivity contribution in [3.05, 3.63) is 83.8 Å². The highest BCUT2D eigenvalue weighted by atomic mass is 32.2. The molecule has 0 saturated carbocycles. The smallest absolute Gasteiger partial charge is 0.171 e. The van der Waals surface area contributed by atoms with Crippen molar-refractivity contribution < 1.29 is 8.99 Å². The van der Waals surface area contributed by atoms with Gasteiger partial charge in [-0.2, -0.15) is 0 Å². The normalized spacial score (nSPS) is 12.4. The minimum atomic E-state index is -0.0225. The molecule has 2 heterocycles. The topological polar surface area (TPSA) is 50.9 Å². The third-order valence-electron chi connectivity index (χ3n) is 4.80. The number of nitrogens with zero attached hydrogens (tertiary/aromatic N) is 3. The molecule has 0 aliphatic carbocycles. The zero-order valence-electron chi connectivity index (χ0n) is 14.7. The average molecular weight is 379 g/mol. The molecule has 4 aromatic rings. The molecule has 1 N–H and O–H groups in total. The Morgan fingerprint density at radius 3 is 2.48 bits per heavy atom. The maximum Gasteiger partial charge on any atom is 0.171 e. The van der Waals surface area contributed by atoms with Crippen LogP contribution in [0.25, 0.3) is 22.3 Å². The van der Waals surface area contributed by atoms with Crippen LogP contribution in [0.2, 0.25) is 0 Å². The predicted octanol–water partition coefficient (Wildman–Crippen LogP) is 5.12. The largest absolute Gasteiger partial charge is 0.392 e. The van der Waals surface area contributed by atoms with Crippen LogP contribution < -0.4 is 0 Å². The van der Waals surface area contributed by atoms with Gasteiger partial charge in [-0.3, -0.25) is 0 Å². The minimum absolute atomic E-state index is 0.0225. The number of aromatic nitrogens is 3. The van der Waals surface area contributed by atoms with Gasteiger partial charge in [-0.05, 0) is 22.8 Å². The maximum absolute atomic E-state index is 13.8. The van der Waals surface area contributed by atoms with E-state index >= 15 is 0 Å². The highest BCUT2D eigenvalue weighted by Crippen LogP contribution is 2.36. The fraction of sp³-hybridized carbons (Fsp3) is 0.143. The number of aliphatic hydroxyl groups excluding tert-OH is 1. The highest BCUT2D eigenvalue weighted by molar-refractivity contribution is 7.93. The Bertz CT molecular complexity index is 1060. The number of fused-ring (bicyclic) bond motifs is 1. The van der Waals surface area contributed by atoms with Gasteiger partial charge in [-0.1, -0.05) is 61.5 Å². The van der Waals surface area contributed by atoms with Crippen molar-refractivity contribution in [1.82, 2.24) is 13.9 Å². The summed E-state index contributed by atoms with van der Waals surface area (Å²) in [6.45, 7) is 2.07. The number of benzene rings is 2. The van der Waals surface area contributed by atoms with Crippen LogP contribution in [-0.4, -0.2) is 19.0 Å². The second kappa shape index (κ2) is 7.50. The first-order chi connectivity index (χ1) is 13.2. The molecule has 4 nitrogen and oxygen atoms in total. The van der Waals surface area contributed by atoms with E-state index in [-0.39, 0.29) is 24.9 Å². The summed E-state index contributed by atoms with van der Waals surface area (Å²) in [7, 11) is 0. The van der Waals surface area contributed by atoms with E-state index in [4.69, 9.17) is 0 Å².